The van der Waals surface area contributed by atoms with Crippen LogP contribution in [0.5, 0.6) is 0 Å². The second kappa shape index (κ2) is 11.8. The Balaban J connectivity index is 1.26. The maximum absolute atomic E-state index is 14.0. The number of carbonyl (C=O) groups is 3. The van der Waals surface area contributed by atoms with E-state index in [0.29, 0.717) is 39.0 Å². The minimum Gasteiger partial charge on any atom is -0.352 e. The summed E-state index contributed by atoms with van der Waals surface area (Å²) in [6.07, 6.45) is 7.02. The summed E-state index contributed by atoms with van der Waals surface area (Å²) in [5, 5.41) is 3.15. The zero-order valence-corrected chi connectivity index (χ0v) is 23.0. The Morgan fingerprint density at radius 3 is 2.44 bits per heavy atom. The fourth-order valence-electron chi connectivity index (χ4n) is 6.53. The van der Waals surface area contributed by atoms with Gasteiger partial charge in [-0.3, -0.25) is 14.4 Å². The second-order valence-corrected chi connectivity index (χ2v) is 11.5. The summed E-state index contributed by atoms with van der Waals surface area (Å²) < 4.78 is 0. The van der Waals surface area contributed by atoms with Crippen LogP contribution >= 0.6 is 0 Å². The maximum Gasteiger partial charge on any atom is 0.250 e. The monoisotopic (exact) mass is 531 g/mol. The Morgan fingerprint density at radius 2 is 1.74 bits per heavy atom. The van der Waals surface area contributed by atoms with Gasteiger partial charge in [-0.05, 0) is 56.7 Å². The van der Waals surface area contributed by atoms with E-state index >= 15 is 0 Å². The molecule has 2 aromatic rings. The normalized spacial score (nSPS) is 20.4. The predicted octanol–water partition coefficient (Wildman–Crippen LogP) is 2.98. The van der Waals surface area contributed by atoms with Gasteiger partial charge in [0, 0.05) is 24.8 Å². The van der Waals surface area contributed by atoms with Crippen molar-refractivity contribution < 1.29 is 14.4 Å². The molecule has 0 bridgehead atoms. The number of likely N-dealkylation sites (tertiary alicyclic amines) is 1. The van der Waals surface area contributed by atoms with E-state index in [2.05, 4.69) is 16.3 Å². The van der Waals surface area contributed by atoms with E-state index in [1.165, 1.54) is 6.42 Å². The Hall–Kier alpha value is -3.39. The molecule has 8 nitrogen and oxygen atoms in total. The number of nitrogens with two attached hydrogens (primary N) is 1. The number of nitrogens with zero attached hydrogens (tertiary/aromatic N) is 3. The number of rotatable bonds is 7. The van der Waals surface area contributed by atoms with E-state index in [-0.39, 0.29) is 30.3 Å². The van der Waals surface area contributed by atoms with Crippen LogP contribution in [0.25, 0.3) is 0 Å². The van der Waals surface area contributed by atoms with Crippen LogP contribution in [0, 0.1) is 6.92 Å². The Kier molecular flexibility index (Phi) is 8.21. The molecular weight excluding hydrogens is 490 g/mol. The van der Waals surface area contributed by atoms with Gasteiger partial charge in [-0.15, -0.1) is 0 Å². The molecule has 2 heterocycles. The van der Waals surface area contributed by atoms with Crippen molar-refractivity contribution in [2.75, 3.05) is 31.2 Å². The second-order valence-electron chi connectivity index (χ2n) is 11.5. The van der Waals surface area contributed by atoms with Crippen molar-refractivity contribution >= 4 is 23.4 Å². The van der Waals surface area contributed by atoms with Gasteiger partial charge in [0.1, 0.15) is 12.1 Å². The van der Waals surface area contributed by atoms with E-state index in [1.54, 1.807) is 9.80 Å². The van der Waals surface area contributed by atoms with Crippen molar-refractivity contribution in [2.24, 2.45) is 5.73 Å². The molecule has 3 N–H and O–H groups in total. The lowest BCUT2D eigenvalue weighted by molar-refractivity contribution is -0.140. The molecule has 1 spiro atoms. The quantitative estimate of drug-likeness (QED) is 0.572. The van der Waals surface area contributed by atoms with Gasteiger partial charge in [0.05, 0.1) is 12.7 Å². The molecular formula is C31H41N5O3. The summed E-state index contributed by atoms with van der Waals surface area (Å²) in [6, 6.07) is 17.6. The molecule has 2 aliphatic heterocycles. The zero-order chi connectivity index (χ0) is 27.4. The largest absolute Gasteiger partial charge is 0.352 e. The van der Waals surface area contributed by atoms with E-state index < -0.39 is 11.6 Å². The highest BCUT2D eigenvalue weighted by molar-refractivity contribution is 5.96. The van der Waals surface area contributed by atoms with Crippen LogP contribution < -0.4 is 16.0 Å². The summed E-state index contributed by atoms with van der Waals surface area (Å²) in [7, 11) is 0. The molecule has 3 fully saturated rings. The van der Waals surface area contributed by atoms with Gasteiger partial charge in [0.15, 0.2) is 0 Å². The molecule has 8 heteroatoms. The van der Waals surface area contributed by atoms with Crippen molar-refractivity contribution in [3.63, 3.8) is 0 Å². The average molecular weight is 532 g/mol. The summed E-state index contributed by atoms with van der Waals surface area (Å²) in [5.41, 5.74) is 8.73. The summed E-state index contributed by atoms with van der Waals surface area (Å²) in [6.45, 7) is 3.36. The van der Waals surface area contributed by atoms with Crippen molar-refractivity contribution in [2.45, 2.75) is 75.9 Å². The molecule has 0 radical (unpaired) electrons. The number of anilines is 1. The van der Waals surface area contributed by atoms with Crippen molar-refractivity contribution in [1.82, 2.24) is 15.1 Å². The van der Waals surface area contributed by atoms with Gasteiger partial charge in [-0.1, -0.05) is 67.3 Å². The van der Waals surface area contributed by atoms with Crippen LogP contribution in [0.3, 0.4) is 0 Å². The van der Waals surface area contributed by atoms with E-state index in [0.717, 1.165) is 42.5 Å². The van der Waals surface area contributed by atoms with Gasteiger partial charge in [0.2, 0.25) is 11.8 Å². The lowest BCUT2D eigenvalue weighted by Gasteiger charge is -2.43. The molecule has 2 aromatic carbocycles. The number of para-hydroxylation sites is 1. The molecule has 1 aliphatic carbocycles. The zero-order valence-electron chi connectivity index (χ0n) is 23.0. The van der Waals surface area contributed by atoms with Crippen LogP contribution in [-0.4, -0.2) is 71.4 Å². The first-order valence-electron chi connectivity index (χ1n) is 14.4. The Morgan fingerprint density at radius 1 is 1.03 bits per heavy atom. The van der Waals surface area contributed by atoms with E-state index in [1.807, 2.05) is 55.5 Å². The molecule has 0 aromatic heterocycles. The highest BCUT2D eigenvalue weighted by atomic mass is 16.2. The molecule has 2 saturated heterocycles. The Labute approximate surface area is 231 Å². The SMILES string of the molecule is Cc1cccc(C[C@@H](N)C(=O)N2CCC3(CC2)C(=O)N(CC(=O)NC2CCCCC2)CN3c2ccccc2)c1. The van der Waals surface area contributed by atoms with Crippen LogP contribution in [0.2, 0.25) is 0 Å². The number of benzene rings is 2. The van der Waals surface area contributed by atoms with Crippen LogP contribution in [0.4, 0.5) is 5.69 Å². The lowest BCUT2D eigenvalue weighted by atomic mass is 9.85. The fraction of sp³-hybridized carbons (Fsp3) is 0.516. The first kappa shape index (κ1) is 27.2. The van der Waals surface area contributed by atoms with Crippen LogP contribution in [-0.2, 0) is 20.8 Å². The highest BCUT2D eigenvalue weighted by Gasteiger charge is 2.54. The van der Waals surface area contributed by atoms with E-state index in [9.17, 15) is 14.4 Å². The molecule has 208 valence electrons. The smallest absolute Gasteiger partial charge is 0.250 e. The van der Waals surface area contributed by atoms with Gasteiger partial charge in [0.25, 0.3) is 5.91 Å². The first-order valence-corrected chi connectivity index (χ1v) is 14.4. The molecule has 3 aliphatic rings. The number of hydrogen-bond donors (Lipinski definition) is 2. The van der Waals surface area contributed by atoms with E-state index in [4.69, 9.17) is 5.73 Å². The van der Waals surface area contributed by atoms with Gasteiger partial charge < -0.3 is 25.8 Å². The van der Waals surface area contributed by atoms with Crippen LogP contribution in [0.15, 0.2) is 54.6 Å². The summed E-state index contributed by atoms with van der Waals surface area (Å²) in [5.74, 6) is -0.192. The van der Waals surface area contributed by atoms with Crippen molar-refractivity contribution in [3.05, 3.63) is 65.7 Å². The van der Waals surface area contributed by atoms with Gasteiger partial charge in [-0.25, -0.2) is 0 Å². The standard InChI is InChI=1S/C31H41N5O3/c1-23-9-8-10-24(19-23)20-27(32)29(38)34-17-15-31(16-18-34)30(39)35(22-36(31)26-13-6-3-7-14-26)21-28(37)33-25-11-4-2-5-12-25/h3,6-10,13-14,19,25,27H,2,4-5,11-12,15-18,20-22,32H2,1H3,(H,33,37)/t27-/m1/s1. The molecule has 39 heavy (non-hydrogen) atoms. The van der Waals surface area contributed by atoms with Crippen LogP contribution in [0.1, 0.15) is 56.1 Å². The fourth-order valence-corrected chi connectivity index (χ4v) is 6.53. The Bertz CT molecular complexity index is 1170. The minimum absolute atomic E-state index is 0.0266. The third-order valence-corrected chi connectivity index (χ3v) is 8.64. The third-order valence-electron chi connectivity index (χ3n) is 8.64. The third kappa shape index (κ3) is 5.96. The highest BCUT2D eigenvalue weighted by Crippen LogP contribution is 2.39. The predicted molar refractivity (Wildman–Crippen MR) is 152 cm³/mol. The molecule has 5 rings (SSSR count). The molecule has 1 saturated carbocycles. The number of nitrogens with one attached hydrogen (secondary N) is 1. The average Bonchev–Trinajstić information content (AvgIpc) is 3.20. The number of piperidine rings is 1. The summed E-state index contributed by atoms with van der Waals surface area (Å²) in [4.78, 5) is 45.8. The van der Waals surface area contributed by atoms with Gasteiger partial charge in [-0.2, -0.15) is 0 Å². The number of hydrogen-bond acceptors (Lipinski definition) is 5. The lowest BCUT2D eigenvalue weighted by Crippen LogP contribution is -2.59. The first-order chi connectivity index (χ1) is 18.9. The number of carbonyl (C=O) groups excluding carboxylic acids is 3. The topological polar surface area (TPSA) is 99.0 Å². The molecule has 0 unspecified atom stereocenters. The summed E-state index contributed by atoms with van der Waals surface area (Å²) >= 11 is 0. The van der Waals surface area contributed by atoms with Crippen molar-refractivity contribution in [3.8, 4) is 0 Å². The minimum atomic E-state index is -0.774. The number of amides is 3. The molecule has 1 atom stereocenters. The molecule has 3 amide bonds. The van der Waals surface area contributed by atoms with Gasteiger partial charge >= 0.3 is 0 Å². The van der Waals surface area contributed by atoms with Crippen molar-refractivity contribution in [1.29, 1.82) is 0 Å². The maximum atomic E-state index is 14.0. The number of aryl methyl sites for hydroxylation is 1.